The number of anilines is 1. The molecule has 1 N–H and O–H groups in total. The summed E-state index contributed by atoms with van der Waals surface area (Å²) in [4.78, 5) is 4.41. The van der Waals surface area contributed by atoms with E-state index in [0.29, 0.717) is 6.04 Å². The number of benzene rings is 1. The molecule has 1 fully saturated rings. The Hall–Kier alpha value is -1.61. The van der Waals surface area contributed by atoms with E-state index in [2.05, 4.69) is 50.1 Å². The molecule has 20 heavy (non-hydrogen) atoms. The Morgan fingerprint density at radius 3 is 2.65 bits per heavy atom. The summed E-state index contributed by atoms with van der Waals surface area (Å²) in [5.41, 5.74) is 1.90. The Kier molecular flexibility index (Phi) is 2.98. The number of nitrogens with zero attached hydrogens (tertiary/aromatic N) is 1. The van der Waals surface area contributed by atoms with E-state index in [1.165, 1.54) is 0 Å². The van der Waals surface area contributed by atoms with Crippen molar-refractivity contribution >= 4 is 16.6 Å². The molecule has 1 aromatic heterocycles. The summed E-state index contributed by atoms with van der Waals surface area (Å²) in [7, 11) is 0. The summed E-state index contributed by atoms with van der Waals surface area (Å²) >= 11 is 0. The van der Waals surface area contributed by atoms with E-state index in [4.69, 9.17) is 4.74 Å². The molecule has 1 unspecified atom stereocenters. The van der Waals surface area contributed by atoms with Crippen molar-refractivity contribution in [3.8, 4) is 0 Å². The first-order valence-electron chi connectivity index (χ1n) is 7.18. The van der Waals surface area contributed by atoms with E-state index in [0.717, 1.165) is 23.0 Å². The fraction of sp³-hybridized carbons (Fsp3) is 0.471. The molecule has 0 radical (unpaired) electrons. The van der Waals surface area contributed by atoms with E-state index < -0.39 is 0 Å². The van der Waals surface area contributed by atoms with Gasteiger partial charge in [0, 0.05) is 17.3 Å². The summed E-state index contributed by atoms with van der Waals surface area (Å²) in [6.07, 6.45) is 2.83. The molecule has 0 aliphatic carbocycles. The molecule has 1 aliphatic heterocycles. The molecule has 0 amide bonds. The van der Waals surface area contributed by atoms with Crippen LogP contribution in [0.5, 0.6) is 0 Å². The van der Waals surface area contributed by atoms with Gasteiger partial charge in [0.05, 0.1) is 22.8 Å². The minimum absolute atomic E-state index is 0.0794. The third-order valence-electron chi connectivity index (χ3n) is 4.05. The highest BCUT2D eigenvalue weighted by Crippen LogP contribution is 2.39. The van der Waals surface area contributed by atoms with Gasteiger partial charge in [0.25, 0.3) is 0 Å². The third-order valence-corrected chi connectivity index (χ3v) is 4.05. The van der Waals surface area contributed by atoms with Gasteiger partial charge in [-0.15, -0.1) is 0 Å². The van der Waals surface area contributed by atoms with E-state index in [-0.39, 0.29) is 11.2 Å². The minimum Gasteiger partial charge on any atom is -0.379 e. The van der Waals surface area contributed by atoms with Crippen LogP contribution in [0, 0.1) is 0 Å². The summed E-state index contributed by atoms with van der Waals surface area (Å²) in [5, 5.41) is 4.83. The Labute approximate surface area is 120 Å². The van der Waals surface area contributed by atoms with Crippen molar-refractivity contribution in [2.75, 3.05) is 5.32 Å². The lowest BCUT2D eigenvalue weighted by molar-refractivity contribution is -0.0662. The van der Waals surface area contributed by atoms with Crippen LogP contribution in [-0.4, -0.2) is 22.2 Å². The molecule has 3 heteroatoms. The lowest BCUT2D eigenvalue weighted by Crippen LogP contribution is -2.38. The maximum Gasteiger partial charge on any atom is 0.0834 e. The minimum atomic E-state index is -0.173. The quantitative estimate of drug-likeness (QED) is 0.896. The first kappa shape index (κ1) is 13.4. The van der Waals surface area contributed by atoms with Crippen LogP contribution in [0.3, 0.4) is 0 Å². The fourth-order valence-corrected chi connectivity index (χ4v) is 3.20. The Morgan fingerprint density at radius 2 is 1.95 bits per heavy atom. The molecule has 0 bridgehead atoms. The summed E-state index contributed by atoms with van der Waals surface area (Å²) in [5.74, 6) is 0. The second kappa shape index (κ2) is 4.45. The number of fused-ring (bicyclic) bond motifs is 1. The maximum atomic E-state index is 6.15. The Morgan fingerprint density at radius 1 is 1.15 bits per heavy atom. The third kappa shape index (κ3) is 2.38. The van der Waals surface area contributed by atoms with Crippen LogP contribution in [0.15, 0.2) is 36.5 Å². The first-order valence-corrected chi connectivity index (χ1v) is 7.18. The summed E-state index contributed by atoms with van der Waals surface area (Å²) in [6, 6.07) is 10.6. The predicted molar refractivity (Wildman–Crippen MR) is 83.0 cm³/mol. The summed E-state index contributed by atoms with van der Waals surface area (Å²) in [6.45, 7) is 8.62. The molecule has 1 atom stereocenters. The molecule has 3 nitrogen and oxygen atoms in total. The van der Waals surface area contributed by atoms with Gasteiger partial charge in [-0.1, -0.05) is 6.07 Å². The van der Waals surface area contributed by atoms with Crippen LogP contribution in [0.1, 0.15) is 34.1 Å². The smallest absolute Gasteiger partial charge is 0.0834 e. The molecule has 2 aromatic rings. The maximum absolute atomic E-state index is 6.15. The van der Waals surface area contributed by atoms with Gasteiger partial charge in [-0.05, 0) is 58.4 Å². The van der Waals surface area contributed by atoms with Gasteiger partial charge in [-0.3, -0.25) is 4.98 Å². The number of pyridine rings is 1. The number of aromatic nitrogens is 1. The van der Waals surface area contributed by atoms with Crippen molar-refractivity contribution in [2.45, 2.75) is 51.4 Å². The van der Waals surface area contributed by atoms with E-state index >= 15 is 0 Å². The van der Waals surface area contributed by atoms with Gasteiger partial charge < -0.3 is 10.1 Å². The van der Waals surface area contributed by atoms with Crippen LogP contribution in [0.4, 0.5) is 5.69 Å². The molecule has 3 rings (SSSR count). The van der Waals surface area contributed by atoms with E-state index in [1.54, 1.807) is 0 Å². The van der Waals surface area contributed by atoms with Crippen LogP contribution < -0.4 is 5.32 Å². The second-order valence-electron chi connectivity index (χ2n) is 6.74. The number of rotatable bonds is 2. The molecule has 0 saturated carbocycles. The molecule has 106 valence electrons. The zero-order chi connectivity index (χ0) is 14.4. The van der Waals surface area contributed by atoms with Crippen molar-refractivity contribution in [1.29, 1.82) is 0 Å². The molecular weight excluding hydrogens is 248 g/mol. The molecular formula is C17H22N2O. The number of hydrogen-bond acceptors (Lipinski definition) is 3. The van der Waals surface area contributed by atoms with E-state index in [1.807, 2.05) is 24.4 Å². The van der Waals surface area contributed by atoms with Crippen LogP contribution in [0.25, 0.3) is 10.9 Å². The van der Waals surface area contributed by atoms with E-state index in [9.17, 15) is 0 Å². The van der Waals surface area contributed by atoms with Crippen molar-refractivity contribution in [1.82, 2.24) is 4.98 Å². The largest absolute Gasteiger partial charge is 0.379 e. The highest BCUT2D eigenvalue weighted by Gasteiger charge is 2.45. The van der Waals surface area contributed by atoms with Gasteiger partial charge in [0.1, 0.15) is 0 Å². The fourth-order valence-electron chi connectivity index (χ4n) is 3.20. The van der Waals surface area contributed by atoms with Gasteiger partial charge >= 0.3 is 0 Å². The van der Waals surface area contributed by atoms with Crippen LogP contribution in [0.2, 0.25) is 0 Å². The molecule has 0 spiro atoms. The van der Waals surface area contributed by atoms with Gasteiger partial charge in [-0.2, -0.15) is 0 Å². The zero-order valence-electron chi connectivity index (χ0n) is 12.6. The SMILES string of the molecule is CC1(C)CC(Nc2cccc3ncccc23)C(C)(C)O1. The summed E-state index contributed by atoms with van der Waals surface area (Å²) < 4.78 is 6.15. The second-order valence-corrected chi connectivity index (χ2v) is 6.74. The number of nitrogens with one attached hydrogen (secondary N) is 1. The molecule has 1 aromatic carbocycles. The van der Waals surface area contributed by atoms with Gasteiger partial charge in [0.15, 0.2) is 0 Å². The van der Waals surface area contributed by atoms with Gasteiger partial charge in [0.2, 0.25) is 0 Å². The Bertz CT molecular complexity index is 628. The molecule has 2 heterocycles. The standard InChI is InChI=1S/C17H22N2O/c1-16(2)11-15(17(3,4)20-16)19-14-9-5-8-13-12(14)7-6-10-18-13/h5-10,15,19H,11H2,1-4H3. The number of hydrogen-bond donors (Lipinski definition) is 1. The van der Waals surface area contributed by atoms with Crippen molar-refractivity contribution in [3.63, 3.8) is 0 Å². The zero-order valence-corrected chi connectivity index (χ0v) is 12.6. The normalized spacial score (nSPS) is 23.9. The van der Waals surface area contributed by atoms with Crippen molar-refractivity contribution < 1.29 is 4.74 Å². The van der Waals surface area contributed by atoms with Crippen LogP contribution >= 0.6 is 0 Å². The lowest BCUT2D eigenvalue weighted by atomic mass is 9.94. The average Bonchev–Trinajstić information content (AvgIpc) is 2.57. The first-order chi connectivity index (χ1) is 9.37. The van der Waals surface area contributed by atoms with Gasteiger partial charge in [-0.25, -0.2) is 0 Å². The number of ether oxygens (including phenoxy) is 1. The van der Waals surface area contributed by atoms with Crippen molar-refractivity contribution in [2.24, 2.45) is 0 Å². The monoisotopic (exact) mass is 270 g/mol. The Balaban J connectivity index is 1.94. The topological polar surface area (TPSA) is 34.2 Å². The highest BCUT2D eigenvalue weighted by molar-refractivity contribution is 5.91. The lowest BCUT2D eigenvalue weighted by Gasteiger charge is -2.28. The van der Waals surface area contributed by atoms with Crippen LogP contribution in [-0.2, 0) is 4.74 Å². The van der Waals surface area contributed by atoms with Crippen molar-refractivity contribution in [3.05, 3.63) is 36.5 Å². The molecule has 1 saturated heterocycles. The molecule has 1 aliphatic rings. The highest BCUT2D eigenvalue weighted by atomic mass is 16.5. The average molecular weight is 270 g/mol. The predicted octanol–water partition coefficient (Wildman–Crippen LogP) is 3.99.